The second-order valence-corrected chi connectivity index (χ2v) is 6.72. The Balaban J connectivity index is 1.81. The van der Waals surface area contributed by atoms with E-state index >= 15 is 0 Å². The number of rotatable bonds is 7. The van der Waals surface area contributed by atoms with Crippen molar-refractivity contribution in [2.75, 3.05) is 24.6 Å². The average Bonchev–Trinajstić information content (AvgIpc) is 2.35. The molecule has 3 heteroatoms. The molecule has 2 aliphatic heterocycles. The van der Waals surface area contributed by atoms with E-state index in [4.69, 9.17) is 0 Å². The summed E-state index contributed by atoms with van der Waals surface area (Å²) in [6.07, 6.45) is 9.05. The molecular formula is C15H28N2S. The lowest BCUT2D eigenvalue weighted by molar-refractivity contribution is 0.0307. The molecule has 0 saturated carbocycles. The summed E-state index contributed by atoms with van der Waals surface area (Å²) in [7, 11) is 0. The normalized spacial score (nSPS) is 32.4. The third-order valence-corrected chi connectivity index (χ3v) is 5.29. The van der Waals surface area contributed by atoms with Crippen LogP contribution in [0.4, 0.5) is 0 Å². The van der Waals surface area contributed by atoms with E-state index in [1.807, 2.05) is 17.8 Å². The van der Waals surface area contributed by atoms with E-state index in [2.05, 4.69) is 23.7 Å². The molecule has 18 heavy (non-hydrogen) atoms. The van der Waals surface area contributed by atoms with Crippen molar-refractivity contribution < 1.29 is 0 Å². The van der Waals surface area contributed by atoms with Gasteiger partial charge in [-0.05, 0) is 32.2 Å². The van der Waals surface area contributed by atoms with E-state index in [0.717, 1.165) is 30.4 Å². The molecular weight excluding hydrogens is 240 g/mol. The Morgan fingerprint density at radius 1 is 1.33 bits per heavy atom. The Morgan fingerprint density at radius 3 is 2.67 bits per heavy atom. The molecule has 0 aromatic carbocycles. The van der Waals surface area contributed by atoms with Gasteiger partial charge in [0.05, 0.1) is 0 Å². The summed E-state index contributed by atoms with van der Waals surface area (Å²) in [6, 6.07) is 2.49. The zero-order valence-corrected chi connectivity index (χ0v) is 12.6. The number of piperidine rings is 2. The van der Waals surface area contributed by atoms with Crippen LogP contribution in [-0.2, 0) is 0 Å². The van der Waals surface area contributed by atoms with Crippen molar-refractivity contribution in [1.29, 1.82) is 0 Å². The van der Waals surface area contributed by atoms with E-state index in [9.17, 15) is 0 Å². The van der Waals surface area contributed by atoms with E-state index in [0.29, 0.717) is 0 Å². The van der Waals surface area contributed by atoms with Gasteiger partial charge in [-0.2, -0.15) is 11.8 Å². The van der Waals surface area contributed by atoms with Crippen molar-refractivity contribution in [3.05, 3.63) is 12.7 Å². The highest BCUT2D eigenvalue weighted by Crippen LogP contribution is 2.34. The second kappa shape index (κ2) is 7.56. The van der Waals surface area contributed by atoms with Gasteiger partial charge in [-0.15, -0.1) is 6.58 Å². The van der Waals surface area contributed by atoms with Gasteiger partial charge in [-0.3, -0.25) is 4.90 Å². The number of thioether (sulfide) groups is 1. The first-order chi connectivity index (χ1) is 8.85. The van der Waals surface area contributed by atoms with E-state index in [-0.39, 0.29) is 0 Å². The minimum Gasteiger partial charge on any atom is -0.314 e. The lowest BCUT2D eigenvalue weighted by Gasteiger charge is -2.49. The van der Waals surface area contributed by atoms with Gasteiger partial charge in [0.1, 0.15) is 0 Å². The Morgan fingerprint density at radius 2 is 2.06 bits per heavy atom. The summed E-state index contributed by atoms with van der Waals surface area (Å²) >= 11 is 2.02. The van der Waals surface area contributed by atoms with Crippen LogP contribution >= 0.6 is 11.8 Å². The second-order valence-electron chi connectivity index (χ2n) is 5.57. The van der Waals surface area contributed by atoms with Crippen LogP contribution in [-0.4, -0.2) is 47.6 Å². The lowest BCUT2D eigenvalue weighted by Crippen LogP contribution is -2.56. The molecule has 2 unspecified atom stereocenters. The largest absolute Gasteiger partial charge is 0.314 e. The van der Waals surface area contributed by atoms with Crippen LogP contribution in [0.15, 0.2) is 12.7 Å². The van der Waals surface area contributed by atoms with Crippen molar-refractivity contribution in [3.8, 4) is 0 Å². The van der Waals surface area contributed by atoms with Crippen molar-refractivity contribution in [2.24, 2.45) is 0 Å². The molecule has 2 saturated heterocycles. The molecule has 2 fully saturated rings. The molecule has 0 aromatic rings. The molecule has 0 radical (unpaired) electrons. The van der Waals surface area contributed by atoms with Crippen LogP contribution < -0.4 is 5.32 Å². The fourth-order valence-electron chi connectivity index (χ4n) is 3.64. The third kappa shape index (κ3) is 3.75. The van der Waals surface area contributed by atoms with Crippen molar-refractivity contribution in [2.45, 2.75) is 57.2 Å². The number of fused-ring (bicyclic) bond motifs is 2. The fraction of sp³-hybridized carbons (Fsp3) is 0.867. The minimum atomic E-state index is 0.780. The topological polar surface area (TPSA) is 15.3 Å². The van der Waals surface area contributed by atoms with Gasteiger partial charge >= 0.3 is 0 Å². The zero-order chi connectivity index (χ0) is 12.8. The highest BCUT2D eigenvalue weighted by Gasteiger charge is 2.37. The Bertz CT molecular complexity index is 243. The SMILES string of the molecule is C=CCSCCN1C2CCCC1CC(NCC)C2. The summed E-state index contributed by atoms with van der Waals surface area (Å²) < 4.78 is 0. The number of nitrogens with one attached hydrogen (secondary N) is 1. The summed E-state index contributed by atoms with van der Waals surface area (Å²) in [5.74, 6) is 2.37. The third-order valence-electron chi connectivity index (χ3n) is 4.35. The van der Waals surface area contributed by atoms with Crippen molar-refractivity contribution in [3.63, 3.8) is 0 Å². The summed E-state index contributed by atoms with van der Waals surface area (Å²) in [5, 5.41) is 3.66. The summed E-state index contributed by atoms with van der Waals surface area (Å²) in [5.41, 5.74) is 0. The molecule has 2 aliphatic rings. The van der Waals surface area contributed by atoms with Crippen LogP contribution in [0.5, 0.6) is 0 Å². The predicted octanol–water partition coefficient (Wildman–Crippen LogP) is 2.90. The quantitative estimate of drug-likeness (QED) is 0.564. The van der Waals surface area contributed by atoms with Gasteiger partial charge in [0, 0.05) is 36.2 Å². The first-order valence-electron chi connectivity index (χ1n) is 7.53. The van der Waals surface area contributed by atoms with Crippen molar-refractivity contribution in [1.82, 2.24) is 10.2 Å². The van der Waals surface area contributed by atoms with Crippen LogP contribution in [0, 0.1) is 0 Å². The minimum absolute atomic E-state index is 0.780. The maximum atomic E-state index is 3.79. The Kier molecular flexibility index (Phi) is 6.06. The van der Waals surface area contributed by atoms with Gasteiger partial charge in [0.2, 0.25) is 0 Å². The molecule has 2 atom stereocenters. The van der Waals surface area contributed by atoms with E-state index in [1.54, 1.807) is 0 Å². The smallest absolute Gasteiger partial charge is 0.0113 e. The average molecular weight is 268 g/mol. The van der Waals surface area contributed by atoms with Gasteiger partial charge in [0.15, 0.2) is 0 Å². The summed E-state index contributed by atoms with van der Waals surface area (Å²) in [6.45, 7) is 8.43. The molecule has 0 aromatic heterocycles. The molecule has 2 bridgehead atoms. The Hall–Kier alpha value is 0.01000. The van der Waals surface area contributed by atoms with E-state index < -0.39 is 0 Å². The lowest BCUT2D eigenvalue weighted by atomic mass is 9.82. The first-order valence-corrected chi connectivity index (χ1v) is 8.68. The maximum absolute atomic E-state index is 3.79. The van der Waals surface area contributed by atoms with Crippen LogP contribution in [0.2, 0.25) is 0 Å². The fourth-order valence-corrected chi connectivity index (χ4v) is 4.31. The molecule has 2 rings (SSSR count). The number of nitrogens with zero attached hydrogens (tertiary/aromatic N) is 1. The first kappa shape index (κ1) is 14.4. The van der Waals surface area contributed by atoms with Crippen molar-refractivity contribution >= 4 is 11.8 Å². The predicted molar refractivity (Wildman–Crippen MR) is 82.4 cm³/mol. The molecule has 0 spiro atoms. The van der Waals surface area contributed by atoms with Crippen LogP contribution in [0.3, 0.4) is 0 Å². The maximum Gasteiger partial charge on any atom is 0.0113 e. The molecule has 0 amide bonds. The van der Waals surface area contributed by atoms with Gasteiger partial charge in [-0.1, -0.05) is 19.4 Å². The Labute approximate surface area is 117 Å². The van der Waals surface area contributed by atoms with Gasteiger partial charge in [-0.25, -0.2) is 0 Å². The number of hydrogen-bond acceptors (Lipinski definition) is 3. The molecule has 1 N–H and O–H groups in total. The molecule has 0 aliphatic carbocycles. The number of hydrogen-bond donors (Lipinski definition) is 1. The van der Waals surface area contributed by atoms with E-state index in [1.165, 1.54) is 44.4 Å². The molecule has 104 valence electrons. The summed E-state index contributed by atoms with van der Waals surface area (Å²) in [4.78, 5) is 2.81. The van der Waals surface area contributed by atoms with Crippen LogP contribution in [0.25, 0.3) is 0 Å². The monoisotopic (exact) mass is 268 g/mol. The van der Waals surface area contributed by atoms with Crippen LogP contribution in [0.1, 0.15) is 39.0 Å². The molecule has 2 nitrogen and oxygen atoms in total. The molecule has 2 heterocycles. The highest BCUT2D eigenvalue weighted by molar-refractivity contribution is 7.99. The van der Waals surface area contributed by atoms with Gasteiger partial charge < -0.3 is 5.32 Å². The highest BCUT2D eigenvalue weighted by atomic mass is 32.2. The standard InChI is InChI=1S/C15H28N2S/c1-3-9-18-10-8-17-14-6-5-7-15(17)12-13(11-14)16-4-2/h3,13-16H,1,4-12H2,2H3. The zero-order valence-electron chi connectivity index (χ0n) is 11.7. The van der Waals surface area contributed by atoms with Gasteiger partial charge in [0.25, 0.3) is 0 Å².